The van der Waals surface area contributed by atoms with Gasteiger partial charge in [0.2, 0.25) is 10.0 Å². The predicted molar refractivity (Wildman–Crippen MR) is 165 cm³/mol. The van der Waals surface area contributed by atoms with E-state index in [1.807, 2.05) is 18.2 Å². The standard InChI is InChI=1S/C30H36N4O8S2/c1-40-17-15-34(16-18-41-2)44(38,39)23-11-9-22(10-12-23)27(35)31-29-26(28(36)32-30(37)42-3)24-13-14-33(20-25(24)43-29)19-21-7-5-4-6-8-21/h4-12H,13-20H2,1-3H3,(H,31,35)(H,32,36,37). The maximum Gasteiger partial charge on any atom is 0.413 e. The van der Waals surface area contributed by atoms with Crippen LogP contribution in [0.1, 0.15) is 36.7 Å². The van der Waals surface area contributed by atoms with Crippen LogP contribution in [0.4, 0.5) is 9.80 Å². The van der Waals surface area contributed by atoms with Gasteiger partial charge in [-0.25, -0.2) is 13.2 Å². The molecule has 0 radical (unpaired) electrons. The van der Waals surface area contributed by atoms with Crippen molar-refractivity contribution >= 4 is 44.3 Å². The van der Waals surface area contributed by atoms with Crippen LogP contribution < -0.4 is 10.6 Å². The number of methoxy groups -OCH3 is 3. The van der Waals surface area contributed by atoms with Gasteiger partial charge in [0.1, 0.15) is 5.00 Å². The molecule has 1 aliphatic heterocycles. The topological polar surface area (TPSA) is 144 Å². The Balaban J connectivity index is 1.56. The number of benzene rings is 2. The second kappa shape index (κ2) is 15.4. The normalized spacial score (nSPS) is 13.4. The fraction of sp³-hybridized carbons (Fsp3) is 0.367. The molecule has 2 aromatic carbocycles. The summed E-state index contributed by atoms with van der Waals surface area (Å²) in [5.74, 6) is -1.20. The molecule has 0 spiro atoms. The van der Waals surface area contributed by atoms with Crippen molar-refractivity contribution in [1.29, 1.82) is 0 Å². The minimum absolute atomic E-state index is 0.0181. The van der Waals surface area contributed by atoms with Crippen molar-refractivity contribution in [1.82, 2.24) is 14.5 Å². The van der Waals surface area contributed by atoms with Crippen molar-refractivity contribution in [3.8, 4) is 0 Å². The van der Waals surface area contributed by atoms with Crippen LogP contribution >= 0.6 is 11.3 Å². The lowest BCUT2D eigenvalue weighted by Crippen LogP contribution is -2.36. The van der Waals surface area contributed by atoms with Gasteiger partial charge in [-0.3, -0.25) is 19.8 Å². The molecule has 4 rings (SSSR count). The minimum atomic E-state index is -3.87. The molecule has 2 heterocycles. The van der Waals surface area contributed by atoms with E-state index in [0.29, 0.717) is 24.5 Å². The molecular weight excluding hydrogens is 608 g/mol. The monoisotopic (exact) mass is 644 g/mol. The molecule has 0 aliphatic carbocycles. The van der Waals surface area contributed by atoms with Gasteiger partial charge in [0.05, 0.1) is 30.8 Å². The average Bonchev–Trinajstić information content (AvgIpc) is 3.38. The number of carbonyl (C=O) groups is 3. The smallest absolute Gasteiger partial charge is 0.413 e. The fourth-order valence-electron chi connectivity index (χ4n) is 4.81. The second-order valence-corrected chi connectivity index (χ2v) is 13.0. The van der Waals surface area contributed by atoms with Gasteiger partial charge in [-0.1, -0.05) is 30.3 Å². The summed E-state index contributed by atoms with van der Waals surface area (Å²) in [7, 11) is 0.274. The minimum Gasteiger partial charge on any atom is -0.453 e. The number of fused-ring (bicyclic) bond motifs is 1. The first-order valence-electron chi connectivity index (χ1n) is 13.9. The van der Waals surface area contributed by atoms with Crippen LogP contribution in [0.5, 0.6) is 0 Å². The third-order valence-corrected chi connectivity index (χ3v) is 10.1. The Morgan fingerprint density at radius 1 is 0.932 bits per heavy atom. The van der Waals surface area contributed by atoms with Crippen molar-refractivity contribution in [3.05, 3.63) is 81.7 Å². The van der Waals surface area contributed by atoms with Crippen LogP contribution in [-0.4, -0.2) is 89.7 Å². The van der Waals surface area contributed by atoms with Gasteiger partial charge in [0.25, 0.3) is 11.8 Å². The van der Waals surface area contributed by atoms with Gasteiger partial charge in [0, 0.05) is 57.4 Å². The molecule has 1 aromatic heterocycles. The molecule has 0 fully saturated rings. The number of hydrogen-bond acceptors (Lipinski definition) is 10. The molecule has 12 nitrogen and oxygen atoms in total. The van der Waals surface area contributed by atoms with E-state index in [9.17, 15) is 22.8 Å². The molecule has 14 heteroatoms. The Morgan fingerprint density at radius 2 is 1.59 bits per heavy atom. The van der Waals surface area contributed by atoms with Gasteiger partial charge in [0.15, 0.2) is 0 Å². The number of thiophene rings is 1. The highest BCUT2D eigenvalue weighted by atomic mass is 32.2. The van der Waals surface area contributed by atoms with Crippen molar-refractivity contribution in [2.75, 3.05) is 59.5 Å². The van der Waals surface area contributed by atoms with Crippen LogP contribution in [0.15, 0.2) is 59.5 Å². The zero-order chi connectivity index (χ0) is 31.7. The highest BCUT2D eigenvalue weighted by molar-refractivity contribution is 7.89. The Morgan fingerprint density at radius 3 is 2.20 bits per heavy atom. The third kappa shape index (κ3) is 8.08. The first-order chi connectivity index (χ1) is 21.2. The molecule has 2 N–H and O–H groups in total. The quantitative estimate of drug-likeness (QED) is 0.286. The van der Waals surface area contributed by atoms with E-state index in [1.165, 1.54) is 54.1 Å². The summed E-state index contributed by atoms with van der Waals surface area (Å²) in [5.41, 5.74) is 2.34. The molecule has 44 heavy (non-hydrogen) atoms. The summed E-state index contributed by atoms with van der Waals surface area (Å²) in [6.07, 6.45) is -0.358. The number of nitrogens with one attached hydrogen (secondary N) is 2. The molecule has 0 bridgehead atoms. The van der Waals surface area contributed by atoms with Crippen molar-refractivity contribution in [2.24, 2.45) is 0 Å². The number of hydrogen-bond donors (Lipinski definition) is 2. The fourth-order valence-corrected chi connectivity index (χ4v) is 7.50. The lowest BCUT2D eigenvalue weighted by atomic mass is 10.0. The zero-order valence-corrected chi connectivity index (χ0v) is 26.5. The van der Waals surface area contributed by atoms with Crippen LogP contribution in [0.2, 0.25) is 0 Å². The number of alkyl carbamates (subject to hydrolysis) is 1. The highest BCUT2D eigenvalue weighted by Crippen LogP contribution is 2.38. The number of ether oxygens (including phenoxy) is 3. The first-order valence-corrected chi connectivity index (χ1v) is 16.1. The maximum atomic E-state index is 13.3. The second-order valence-electron chi connectivity index (χ2n) is 9.97. The average molecular weight is 645 g/mol. The molecule has 236 valence electrons. The van der Waals surface area contributed by atoms with Crippen LogP contribution in [-0.2, 0) is 43.7 Å². The van der Waals surface area contributed by atoms with E-state index in [0.717, 1.165) is 29.7 Å². The molecule has 3 amide bonds. The zero-order valence-electron chi connectivity index (χ0n) is 24.8. The molecule has 1 aliphatic rings. The molecule has 0 unspecified atom stereocenters. The predicted octanol–water partition coefficient (Wildman–Crippen LogP) is 3.34. The van der Waals surface area contributed by atoms with Crippen molar-refractivity contribution in [2.45, 2.75) is 24.4 Å². The van der Waals surface area contributed by atoms with Crippen LogP contribution in [0.25, 0.3) is 0 Å². The summed E-state index contributed by atoms with van der Waals surface area (Å²) in [5, 5.41) is 5.31. The number of sulfonamides is 1. The highest BCUT2D eigenvalue weighted by Gasteiger charge is 2.30. The number of carbonyl (C=O) groups excluding carboxylic acids is 3. The van der Waals surface area contributed by atoms with E-state index in [2.05, 4.69) is 32.4 Å². The summed E-state index contributed by atoms with van der Waals surface area (Å²) in [4.78, 5) is 41.5. The Labute approximate surface area is 260 Å². The first kappa shape index (κ1) is 33.2. The van der Waals surface area contributed by atoms with Crippen LogP contribution in [0, 0.1) is 0 Å². The van der Waals surface area contributed by atoms with Gasteiger partial charge < -0.3 is 19.5 Å². The molecular formula is C30H36N4O8S2. The molecule has 0 saturated heterocycles. The van der Waals surface area contributed by atoms with E-state index in [1.54, 1.807) is 0 Å². The number of anilines is 1. The lowest BCUT2D eigenvalue weighted by Gasteiger charge is -2.27. The van der Waals surface area contributed by atoms with Crippen LogP contribution in [0.3, 0.4) is 0 Å². The van der Waals surface area contributed by atoms with Crippen molar-refractivity contribution in [3.63, 3.8) is 0 Å². The Bertz CT molecular complexity index is 1550. The van der Waals surface area contributed by atoms with Gasteiger partial charge in [-0.2, -0.15) is 4.31 Å². The number of amides is 3. The number of rotatable bonds is 13. The summed E-state index contributed by atoms with van der Waals surface area (Å²) in [6, 6.07) is 15.6. The maximum absolute atomic E-state index is 13.3. The van der Waals surface area contributed by atoms with E-state index in [4.69, 9.17) is 9.47 Å². The summed E-state index contributed by atoms with van der Waals surface area (Å²) in [6.45, 7) is 2.70. The van der Waals surface area contributed by atoms with E-state index >= 15 is 0 Å². The molecule has 0 saturated carbocycles. The largest absolute Gasteiger partial charge is 0.453 e. The van der Waals surface area contributed by atoms with Gasteiger partial charge in [-0.15, -0.1) is 11.3 Å². The lowest BCUT2D eigenvalue weighted by molar-refractivity contribution is 0.0936. The van der Waals surface area contributed by atoms with E-state index < -0.39 is 27.9 Å². The Hall–Kier alpha value is -3.66. The SMILES string of the molecule is COCCN(CCOC)S(=O)(=O)c1ccc(C(=O)Nc2sc3c(c2C(=O)NC(=O)OC)CCN(Cc2ccccc2)C3)cc1. The number of imide groups is 1. The molecule has 0 atom stereocenters. The van der Waals surface area contributed by atoms with E-state index in [-0.39, 0.29) is 42.3 Å². The summed E-state index contributed by atoms with van der Waals surface area (Å²) < 4.78 is 42.4. The number of nitrogens with zero attached hydrogens (tertiary/aromatic N) is 2. The summed E-state index contributed by atoms with van der Waals surface area (Å²) >= 11 is 1.28. The van der Waals surface area contributed by atoms with Crippen molar-refractivity contribution < 1.29 is 37.0 Å². The van der Waals surface area contributed by atoms with Gasteiger partial charge >= 0.3 is 6.09 Å². The van der Waals surface area contributed by atoms with Gasteiger partial charge in [-0.05, 0) is 41.8 Å². The molecule has 3 aromatic rings. The Kier molecular flexibility index (Phi) is 11.6. The third-order valence-electron chi connectivity index (χ3n) is 7.08.